The van der Waals surface area contributed by atoms with E-state index in [9.17, 15) is 10.1 Å². The maximum atomic E-state index is 10.9. The summed E-state index contributed by atoms with van der Waals surface area (Å²) in [5, 5.41) is 14.3. The molecule has 1 aromatic carbocycles. The molecule has 1 saturated carbocycles. The molecule has 2 rings (SSSR count). The molecular formula is C14H20N2O3. The third kappa shape index (κ3) is 2.62. The number of methoxy groups -OCH3 is 1. The van der Waals surface area contributed by atoms with Gasteiger partial charge in [0, 0.05) is 36.7 Å². The quantitative estimate of drug-likeness (QED) is 0.655. The predicted molar refractivity (Wildman–Crippen MR) is 72.9 cm³/mol. The van der Waals surface area contributed by atoms with Crippen molar-refractivity contribution in [3.8, 4) is 0 Å². The Hall–Kier alpha value is -1.46. The first-order valence-corrected chi connectivity index (χ1v) is 6.45. The van der Waals surface area contributed by atoms with Crippen molar-refractivity contribution >= 4 is 5.69 Å². The molecule has 0 saturated heterocycles. The molecule has 1 aliphatic rings. The molecule has 19 heavy (non-hydrogen) atoms. The third-order valence-electron chi connectivity index (χ3n) is 4.19. The molecule has 0 heterocycles. The van der Waals surface area contributed by atoms with Gasteiger partial charge in [0.25, 0.3) is 5.69 Å². The van der Waals surface area contributed by atoms with Gasteiger partial charge < -0.3 is 10.1 Å². The van der Waals surface area contributed by atoms with Crippen molar-refractivity contribution in [1.82, 2.24) is 5.32 Å². The van der Waals surface area contributed by atoms with Gasteiger partial charge in [-0.25, -0.2) is 0 Å². The summed E-state index contributed by atoms with van der Waals surface area (Å²) in [5.74, 6) is 0. The van der Waals surface area contributed by atoms with Crippen LogP contribution in [0, 0.1) is 15.5 Å². The number of nitro groups is 1. The van der Waals surface area contributed by atoms with Crippen LogP contribution in [0.25, 0.3) is 0 Å². The standard InChI is InChI=1S/C14H20N2O3/c1-14(2)12(8-13(14)19-3)15-9-10-6-4-5-7-11(10)16(17)18/h4-7,12-13,15H,8-9H2,1-3H3. The molecule has 1 aliphatic carbocycles. The average molecular weight is 264 g/mol. The molecule has 1 N–H and O–H groups in total. The number of rotatable bonds is 5. The number of nitrogens with one attached hydrogen (secondary N) is 1. The Labute approximate surface area is 113 Å². The fourth-order valence-electron chi connectivity index (χ4n) is 2.70. The van der Waals surface area contributed by atoms with Crippen molar-refractivity contribution in [3.05, 3.63) is 39.9 Å². The van der Waals surface area contributed by atoms with Crippen molar-refractivity contribution < 1.29 is 9.66 Å². The van der Waals surface area contributed by atoms with Crippen LogP contribution in [-0.4, -0.2) is 24.2 Å². The zero-order valence-electron chi connectivity index (χ0n) is 11.6. The first-order chi connectivity index (χ1) is 8.96. The second-order valence-corrected chi connectivity index (χ2v) is 5.60. The lowest BCUT2D eigenvalue weighted by Gasteiger charge is -2.51. The number of benzene rings is 1. The zero-order chi connectivity index (χ0) is 14.0. The molecule has 1 aromatic rings. The van der Waals surface area contributed by atoms with E-state index in [4.69, 9.17) is 4.74 Å². The van der Waals surface area contributed by atoms with Crippen LogP contribution in [0.4, 0.5) is 5.69 Å². The minimum absolute atomic E-state index is 0.0678. The predicted octanol–water partition coefficient (Wildman–Crippen LogP) is 2.50. The second kappa shape index (κ2) is 5.27. The summed E-state index contributed by atoms with van der Waals surface area (Å²) in [6.45, 7) is 4.82. The average Bonchev–Trinajstić information content (AvgIpc) is 2.38. The third-order valence-corrected chi connectivity index (χ3v) is 4.19. The van der Waals surface area contributed by atoms with Crippen LogP contribution in [0.15, 0.2) is 24.3 Å². The normalized spacial score (nSPS) is 24.8. The number of nitrogens with zero attached hydrogens (tertiary/aromatic N) is 1. The van der Waals surface area contributed by atoms with E-state index < -0.39 is 0 Å². The van der Waals surface area contributed by atoms with Gasteiger partial charge in [0.05, 0.1) is 11.0 Å². The van der Waals surface area contributed by atoms with E-state index in [0.29, 0.717) is 12.6 Å². The van der Waals surface area contributed by atoms with Crippen molar-refractivity contribution in [2.75, 3.05) is 7.11 Å². The molecule has 1 fully saturated rings. The number of ether oxygens (including phenoxy) is 1. The van der Waals surface area contributed by atoms with E-state index in [1.54, 1.807) is 25.3 Å². The first kappa shape index (κ1) is 14.0. The summed E-state index contributed by atoms with van der Waals surface area (Å²) in [7, 11) is 1.73. The summed E-state index contributed by atoms with van der Waals surface area (Å²) in [6, 6.07) is 7.19. The lowest BCUT2D eigenvalue weighted by atomic mass is 9.64. The Balaban J connectivity index is 1.99. The fraction of sp³-hybridized carbons (Fsp3) is 0.571. The van der Waals surface area contributed by atoms with Gasteiger partial charge in [0.1, 0.15) is 0 Å². The van der Waals surface area contributed by atoms with Gasteiger partial charge in [-0.2, -0.15) is 0 Å². The molecule has 2 unspecified atom stereocenters. The zero-order valence-corrected chi connectivity index (χ0v) is 11.6. The maximum absolute atomic E-state index is 10.9. The van der Waals surface area contributed by atoms with Gasteiger partial charge in [-0.1, -0.05) is 32.0 Å². The van der Waals surface area contributed by atoms with Crippen molar-refractivity contribution in [2.24, 2.45) is 5.41 Å². The van der Waals surface area contributed by atoms with Crippen LogP contribution in [0.5, 0.6) is 0 Å². The first-order valence-electron chi connectivity index (χ1n) is 6.45. The van der Waals surface area contributed by atoms with E-state index in [1.165, 1.54) is 0 Å². The highest BCUT2D eigenvalue weighted by atomic mass is 16.6. The van der Waals surface area contributed by atoms with E-state index in [1.807, 2.05) is 6.07 Å². The molecule has 0 spiro atoms. The summed E-state index contributed by atoms with van der Waals surface area (Å²) in [6.07, 6.45) is 1.21. The fourth-order valence-corrected chi connectivity index (χ4v) is 2.70. The summed E-state index contributed by atoms with van der Waals surface area (Å²) in [4.78, 5) is 10.6. The van der Waals surface area contributed by atoms with Crippen LogP contribution >= 0.6 is 0 Å². The Morgan fingerprint density at radius 1 is 1.47 bits per heavy atom. The summed E-state index contributed by atoms with van der Waals surface area (Å²) >= 11 is 0. The molecule has 0 bridgehead atoms. The largest absolute Gasteiger partial charge is 0.381 e. The van der Waals surface area contributed by atoms with Gasteiger partial charge in [-0.3, -0.25) is 10.1 Å². The molecular weight excluding hydrogens is 244 g/mol. The van der Waals surface area contributed by atoms with Crippen LogP contribution < -0.4 is 5.32 Å². The summed E-state index contributed by atoms with van der Waals surface area (Å²) < 4.78 is 5.40. The van der Waals surface area contributed by atoms with E-state index in [0.717, 1.165) is 12.0 Å². The highest BCUT2D eigenvalue weighted by molar-refractivity contribution is 5.39. The number of hydrogen-bond acceptors (Lipinski definition) is 4. The molecule has 2 atom stereocenters. The number of hydrogen-bond donors (Lipinski definition) is 1. The van der Waals surface area contributed by atoms with Gasteiger partial charge >= 0.3 is 0 Å². The highest BCUT2D eigenvalue weighted by Gasteiger charge is 2.48. The maximum Gasteiger partial charge on any atom is 0.273 e. The topological polar surface area (TPSA) is 64.4 Å². The van der Waals surface area contributed by atoms with Crippen molar-refractivity contribution in [1.29, 1.82) is 0 Å². The smallest absolute Gasteiger partial charge is 0.273 e. The summed E-state index contributed by atoms with van der Waals surface area (Å²) in [5.41, 5.74) is 0.970. The van der Waals surface area contributed by atoms with E-state index in [-0.39, 0.29) is 22.1 Å². The Morgan fingerprint density at radius 2 is 2.16 bits per heavy atom. The molecule has 5 heteroatoms. The lowest BCUT2D eigenvalue weighted by molar-refractivity contribution is -0.385. The molecule has 5 nitrogen and oxygen atoms in total. The Kier molecular flexibility index (Phi) is 3.87. The molecule has 0 radical (unpaired) electrons. The monoisotopic (exact) mass is 264 g/mol. The van der Waals surface area contributed by atoms with E-state index >= 15 is 0 Å². The van der Waals surface area contributed by atoms with Crippen LogP contribution in [0.2, 0.25) is 0 Å². The van der Waals surface area contributed by atoms with Crippen LogP contribution in [0.1, 0.15) is 25.8 Å². The molecule has 0 aliphatic heterocycles. The Morgan fingerprint density at radius 3 is 2.74 bits per heavy atom. The van der Waals surface area contributed by atoms with Gasteiger partial charge in [-0.15, -0.1) is 0 Å². The van der Waals surface area contributed by atoms with Crippen molar-refractivity contribution in [2.45, 2.75) is 39.0 Å². The number of nitro benzene ring substituents is 1. The van der Waals surface area contributed by atoms with Gasteiger partial charge in [0.2, 0.25) is 0 Å². The number of para-hydroxylation sites is 1. The van der Waals surface area contributed by atoms with Crippen LogP contribution in [0.3, 0.4) is 0 Å². The second-order valence-electron chi connectivity index (χ2n) is 5.60. The molecule has 104 valence electrons. The van der Waals surface area contributed by atoms with Crippen molar-refractivity contribution in [3.63, 3.8) is 0 Å². The molecule has 0 amide bonds. The minimum Gasteiger partial charge on any atom is -0.381 e. The Bertz CT molecular complexity index is 474. The van der Waals surface area contributed by atoms with Gasteiger partial charge in [0.15, 0.2) is 0 Å². The molecule has 0 aromatic heterocycles. The van der Waals surface area contributed by atoms with Gasteiger partial charge in [-0.05, 0) is 6.42 Å². The highest BCUT2D eigenvalue weighted by Crippen LogP contribution is 2.42. The van der Waals surface area contributed by atoms with E-state index in [2.05, 4.69) is 19.2 Å². The minimum atomic E-state index is -0.332. The SMILES string of the molecule is COC1CC(NCc2ccccc2[N+](=O)[O-])C1(C)C. The van der Waals surface area contributed by atoms with Crippen LogP contribution in [-0.2, 0) is 11.3 Å². The lowest BCUT2D eigenvalue weighted by Crippen LogP contribution is -2.60.